The standard InChI is InChI=1S/C20H19NO4/c1-24-19-12-14(6-8-18(19)22)7-9-20(23)25-11-10-15-13-21-17-5-3-2-4-16(15)17/h2-9,12-13,21-22H,10-11H2,1H3/b9-7+. The van der Waals surface area contributed by atoms with Gasteiger partial charge in [-0.05, 0) is 35.4 Å². The van der Waals surface area contributed by atoms with E-state index in [1.165, 1.54) is 19.3 Å². The Morgan fingerprint density at radius 2 is 2.08 bits per heavy atom. The highest BCUT2D eigenvalue weighted by Gasteiger charge is 2.05. The van der Waals surface area contributed by atoms with E-state index in [-0.39, 0.29) is 5.75 Å². The number of aromatic hydroxyl groups is 1. The summed E-state index contributed by atoms with van der Waals surface area (Å²) in [7, 11) is 1.47. The molecule has 0 spiro atoms. The number of carbonyl (C=O) groups excluding carboxylic acids is 1. The lowest BCUT2D eigenvalue weighted by Crippen LogP contribution is -2.04. The second kappa shape index (κ2) is 7.57. The zero-order valence-corrected chi connectivity index (χ0v) is 13.9. The van der Waals surface area contributed by atoms with Gasteiger partial charge >= 0.3 is 5.97 Å². The van der Waals surface area contributed by atoms with E-state index in [0.717, 1.165) is 22.0 Å². The van der Waals surface area contributed by atoms with Crippen molar-refractivity contribution in [3.63, 3.8) is 0 Å². The number of fused-ring (bicyclic) bond motifs is 1. The van der Waals surface area contributed by atoms with Gasteiger partial charge in [-0.15, -0.1) is 0 Å². The molecule has 3 rings (SSSR count). The summed E-state index contributed by atoms with van der Waals surface area (Å²) in [5.74, 6) is 0.00249. The minimum Gasteiger partial charge on any atom is -0.504 e. The van der Waals surface area contributed by atoms with Gasteiger partial charge in [0.1, 0.15) is 0 Å². The number of ether oxygens (including phenoxy) is 2. The minimum absolute atomic E-state index is 0.0564. The average molecular weight is 337 g/mol. The van der Waals surface area contributed by atoms with Crippen molar-refractivity contribution in [2.24, 2.45) is 0 Å². The third-order valence-electron chi connectivity index (χ3n) is 3.91. The fourth-order valence-electron chi connectivity index (χ4n) is 2.61. The van der Waals surface area contributed by atoms with Crippen LogP contribution in [-0.2, 0) is 16.0 Å². The molecule has 0 aliphatic carbocycles. The third kappa shape index (κ3) is 4.01. The highest BCUT2D eigenvalue weighted by molar-refractivity contribution is 5.87. The quantitative estimate of drug-likeness (QED) is 0.532. The molecule has 1 heterocycles. The Hall–Kier alpha value is -3.21. The van der Waals surface area contributed by atoms with Gasteiger partial charge in [-0.2, -0.15) is 0 Å². The normalized spacial score (nSPS) is 11.1. The molecule has 25 heavy (non-hydrogen) atoms. The van der Waals surface area contributed by atoms with Crippen molar-refractivity contribution in [1.82, 2.24) is 4.98 Å². The SMILES string of the molecule is COc1cc(/C=C/C(=O)OCCc2c[nH]c3ccccc23)ccc1O. The number of aromatic nitrogens is 1. The smallest absolute Gasteiger partial charge is 0.330 e. The molecule has 0 saturated carbocycles. The van der Waals surface area contributed by atoms with E-state index in [0.29, 0.717) is 18.8 Å². The van der Waals surface area contributed by atoms with Gasteiger partial charge in [-0.1, -0.05) is 24.3 Å². The van der Waals surface area contributed by atoms with Crippen LogP contribution in [0.4, 0.5) is 0 Å². The maximum absolute atomic E-state index is 11.8. The van der Waals surface area contributed by atoms with E-state index in [4.69, 9.17) is 9.47 Å². The van der Waals surface area contributed by atoms with Gasteiger partial charge in [-0.25, -0.2) is 4.79 Å². The monoisotopic (exact) mass is 337 g/mol. The van der Waals surface area contributed by atoms with Crippen LogP contribution in [-0.4, -0.2) is 29.8 Å². The first-order valence-electron chi connectivity index (χ1n) is 7.94. The number of hydrogen-bond donors (Lipinski definition) is 2. The number of para-hydroxylation sites is 1. The van der Waals surface area contributed by atoms with Crippen LogP contribution in [0.3, 0.4) is 0 Å². The van der Waals surface area contributed by atoms with E-state index in [1.54, 1.807) is 18.2 Å². The van der Waals surface area contributed by atoms with Crippen molar-refractivity contribution in [3.8, 4) is 11.5 Å². The number of methoxy groups -OCH3 is 1. The fourth-order valence-corrected chi connectivity index (χ4v) is 2.61. The zero-order chi connectivity index (χ0) is 17.6. The number of phenols is 1. The Morgan fingerprint density at radius 3 is 2.92 bits per heavy atom. The number of nitrogens with one attached hydrogen (secondary N) is 1. The van der Waals surface area contributed by atoms with Crippen LogP contribution in [0.15, 0.2) is 54.7 Å². The van der Waals surface area contributed by atoms with Crippen LogP contribution in [0.5, 0.6) is 11.5 Å². The first kappa shape index (κ1) is 16.6. The van der Waals surface area contributed by atoms with Crippen LogP contribution < -0.4 is 4.74 Å². The lowest BCUT2D eigenvalue weighted by molar-refractivity contribution is -0.137. The molecule has 0 amide bonds. The van der Waals surface area contributed by atoms with Crippen LogP contribution >= 0.6 is 0 Å². The Balaban J connectivity index is 1.54. The number of rotatable bonds is 6. The predicted octanol–water partition coefficient (Wildman–Crippen LogP) is 3.68. The van der Waals surface area contributed by atoms with Crippen molar-refractivity contribution >= 4 is 22.9 Å². The van der Waals surface area contributed by atoms with E-state index in [9.17, 15) is 9.90 Å². The van der Waals surface area contributed by atoms with Gasteiger partial charge in [0.05, 0.1) is 13.7 Å². The van der Waals surface area contributed by atoms with Gasteiger partial charge in [0.25, 0.3) is 0 Å². The molecule has 128 valence electrons. The molecule has 0 saturated heterocycles. The molecular formula is C20H19NO4. The van der Waals surface area contributed by atoms with Crippen molar-refractivity contribution in [2.75, 3.05) is 13.7 Å². The maximum Gasteiger partial charge on any atom is 0.330 e. The summed E-state index contributed by atoms with van der Waals surface area (Å²) in [6.07, 6.45) is 5.57. The molecule has 0 unspecified atom stereocenters. The second-order valence-corrected chi connectivity index (χ2v) is 5.54. The molecule has 5 nitrogen and oxygen atoms in total. The summed E-state index contributed by atoms with van der Waals surface area (Å²) in [6.45, 7) is 0.309. The highest BCUT2D eigenvalue weighted by atomic mass is 16.5. The Kier molecular flexibility index (Phi) is 5.04. The molecular weight excluding hydrogens is 318 g/mol. The summed E-state index contributed by atoms with van der Waals surface area (Å²) in [5, 5.41) is 10.7. The molecule has 1 aromatic heterocycles. The van der Waals surface area contributed by atoms with Crippen molar-refractivity contribution in [3.05, 3.63) is 65.9 Å². The summed E-state index contributed by atoms with van der Waals surface area (Å²) in [6, 6.07) is 12.9. The zero-order valence-electron chi connectivity index (χ0n) is 13.9. The average Bonchev–Trinajstić information content (AvgIpc) is 3.04. The van der Waals surface area contributed by atoms with Gasteiger partial charge in [0.2, 0.25) is 0 Å². The van der Waals surface area contributed by atoms with Crippen LogP contribution in [0.25, 0.3) is 17.0 Å². The summed E-state index contributed by atoms with van der Waals surface area (Å²) in [4.78, 5) is 15.0. The number of esters is 1. The molecule has 0 atom stereocenters. The topological polar surface area (TPSA) is 71.5 Å². The molecule has 2 aromatic carbocycles. The lowest BCUT2D eigenvalue weighted by Gasteiger charge is -2.04. The summed E-state index contributed by atoms with van der Waals surface area (Å²) >= 11 is 0. The predicted molar refractivity (Wildman–Crippen MR) is 96.7 cm³/mol. The number of hydrogen-bond acceptors (Lipinski definition) is 4. The highest BCUT2D eigenvalue weighted by Crippen LogP contribution is 2.26. The molecule has 0 radical (unpaired) electrons. The van der Waals surface area contributed by atoms with Crippen LogP contribution in [0, 0.1) is 0 Å². The lowest BCUT2D eigenvalue weighted by atomic mass is 10.1. The molecule has 0 aliphatic rings. The fraction of sp³-hybridized carbons (Fsp3) is 0.150. The van der Waals surface area contributed by atoms with Crippen LogP contribution in [0.1, 0.15) is 11.1 Å². The number of benzene rings is 2. The number of aromatic amines is 1. The van der Waals surface area contributed by atoms with Crippen LogP contribution in [0.2, 0.25) is 0 Å². The van der Waals surface area contributed by atoms with Crippen molar-refractivity contribution in [1.29, 1.82) is 0 Å². The Morgan fingerprint density at radius 1 is 1.24 bits per heavy atom. The molecule has 0 bridgehead atoms. The Labute approximate surface area is 145 Å². The van der Waals surface area contributed by atoms with Crippen molar-refractivity contribution < 1.29 is 19.4 Å². The molecule has 0 aliphatic heterocycles. The second-order valence-electron chi connectivity index (χ2n) is 5.54. The first-order chi connectivity index (χ1) is 12.2. The van der Waals surface area contributed by atoms with Gasteiger partial charge in [-0.3, -0.25) is 0 Å². The van der Waals surface area contributed by atoms with Gasteiger partial charge in [0, 0.05) is 29.6 Å². The third-order valence-corrected chi connectivity index (χ3v) is 3.91. The number of carbonyl (C=O) groups is 1. The number of phenolic OH excluding ortho intramolecular Hbond substituents is 1. The summed E-state index contributed by atoms with van der Waals surface area (Å²) < 4.78 is 10.3. The van der Waals surface area contributed by atoms with Gasteiger partial charge < -0.3 is 19.6 Å². The molecule has 5 heteroatoms. The van der Waals surface area contributed by atoms with E-state index < -0.39 is 5.97 Å². The summed E-state index contributed by atoms with van der Waals surface area (Å²) in [5.41, 5.74) is 2.93. The largest absolute Gasteiger partial charge is 0.504 e. The van der Waals surface area contributed by atoms with E-state index >= 15 is 0 Å². The molecule has 2 N–H and O–H groups in total. The van der Waals surface area contributed by atoms with Crippen molar-refractivity contribution in [2.45, 2.75) is 6.42 Å². The maximum atomic E-state index is 11.8. The minimum atomic E-state index is -0.410. The van der Waals surface area contributed by atoms with E-state index in [2.05, 4.69) is 4.98 Å². The first-order valence-corrected chi connectivity index (χ1v) is 7.94. The molecule has 0 fully saturated rings. The number of H-pyrrole nitrogens is 1. The van der Waals surface area contributed by atoms with Gasteiger partial charge in [0.15, 0.2) is 11.5 Å². The molecule has 3 aromatic rings. The Bertz CT molecular complexity index is 911. The van der Waals surface area contributed by atoms with E-state index in [1.807, 2.05) is 30.5 Å².